The third-order valence-electron chi connectivity index (χ3n) is 1.18. The highest BCUT2D eigenvalue weighted by molar-refractivity contribution is 7.77. The summed E-state index contributed by atoms with van der Waals surface area (Å²) in [4.78, 5) is 0. The van der Waals surface area contributed by atoms with Gasteiger partial charge in [0.1, 0.15) is 0 Å². The summed E-state index contributed by atoms with van der Waals surface area (Å²) in [5.41, 5.74) is 6.30. The number of rotatable bonds is 0. The Bertz CT molecular complexity index is 142. The molecule has 8 heavy (non-hydrogen) atoms. The first-order valence-electron chi connectivity index (χ1n) is 2.40. The van der Waals surface area contributed by atoms with Crippen molar-refractivity contribution in [2.24, 2.45) is 5.50 Å². The van der Waals surface area contributed by atoms with E-state index >= 15 is 0 Å². The molecule has 1 aliphatic heterocycles. The normalized spacial score (nSPS) is 29.4. The van der Waals surface area contributed by atoms with Gasteiger partial charge in [0.05, 0.1) is 11.2 Å². The lowest BCUT2D eigenvalue weighted by Crippen LogP contribution is -2.02. The quantitative estimate of drug-likeness (QED) is 0.414. The monoisotopic (exact) mass is 129 g/mol. The highest BCUT2D eigenvalue weighted by Crippen LogP contribution is 2.34. The van der Waals surface area contributed by atoms with E-state index in [4.69, 9.17) is 16.3 Å². The lowest BCUT2D eigenvalue weighted by atomic mass is 10.3. The first-order chi connectivity index (χ1) is 3.72. The maximum Gasteiger partial charge on any atom is 0.0894 e. The van der Waals surface area contributed by atoms with Gasteiger partial charge < -0.3 is 10.9 Å². The predicted molar refractivity (Wildman–Crippen MR) is 36.0 cm³/mol. The van der Waals surface area contributed by atoms with E-state index in [9.17, 15) is 0 Å². The van der Waals surface area contributed by atoms with Gasteiger partial charge in [-0.1, -0.05) is 0 Å². The zero-order valence-electron chi connectivity index (χ0n) is 4.44. The molecule has 0 aromatic rings. The Labute approximate surface area is 49.1 Å². The number of hydrogen-bond donors (Lipinski definition) is 3. The molecule has 4 N–H and O–H groups in total. The van der Waals surface area contributed by atoms with Crippen LogP contribution in [0.3, 0.4) is 0 Å². The molecule has 0 saturated carbocycles. The van der Waals surface area contributed by atoms with Crippen LogP contribution in [0.2, 0.25) is 0 Å². The molecule has 0 spiro atoms. The summed E-state index contributed by atoms with van der Waals surface area (Å²) in [6, 6.07) is 0. The molecule has 1 fully saturated rings. The van der Waals surface area contributed by atoms with Gasteiger partial charge >= 0.3 is 0 Å². The minimum atomic E-state index is -0.707. The summed E-state index contributed by atoms with van der Waals surface area (Å²) in [6.07, 6.45) is 1.58. The molecule has 0 amide bonds. The summed E-state index contributed by atoms with van der Waals surface area (Å²) in [7, 11) is -0.707. The van der Waals surface area contributed by atoms with Crippen molar-refractivity contribution in [2.45, 2.75) is 6.42 Å². The number of hydrogen-bond acceptors (Lipinski definition) is 3. The van der Waals surface area contributed by atoms with Crippen LogP contribution in [0.25, 0.3) is 0 Å². The first kappa shape index (κ1) is 5.86. The van der Waals surface area contributed by atoms with Gasteiger partial charge in [0, 0.05) is 8.07 Å². The van der Waals surface area contributed by atoms with Crippen LogP contribution in [0.5, 0.6) is 0 Å². The Morgan fingerprint density at radius 1 is 1.50 bits per heavy atom. The molecular weight excluding hydrogens is 121 g/mol. The Morgan fingerprint density at radius 3 is 2.25 bits per heavy atom. The molecule has 1 unspecified atom stereocenters. The average Bonchev–Trinajstić information content (AvgIpc) is 1.98. The summed E-state index contributed by atoms with van der Waals surface area (Å²) in [6.45, 7) is 0. The van der Waals surface area contributed by atoms with E-state index < -0.39 is 8.07 Å². The van der Waals surface area contributed by atoms with Gasteiger partial charge in [-0.3, -0.25) is 5.41 Å². The molecule has 44 valence electrons. The zero-order chi connectivity index (χ0) is 6.15. The highest BCUT2D eigenvalue weighted by atomic mass is 31.1. The fourth-order valence-electron chi connectivity index (χ4n) is 0.636. The molecule has 0 aliphatic carbocycles. The zero-order valence-corrected chi connectivity index (χ0v) is 5.33. The molecule has 0 bridgehead atoms. The molecule has 0 aromatic heterocycles. The molecule has 0 radical (unpaired) electrons. The topological polar surface area (TPSA) is 73.7 Å². The van der Waals surface area contributed by atoms with Gasteiger partial charge in [0.2, 0.25) is 0 Å². The van der Waals surface area contributed by atoms with Crippen LogP contribution < -0.4 is 5.50 Å². The van der Waals surface area contributed by atoms with Crippen molar-refractivity contribution in [1.29, 1.82) is 10.8 Å². The van der Waals surface area contributed by atoms with Gasteiger partial charge in [-0.2, -0.15) is 0 Å². The fraction of sp³-hybridized carbons (Fsp3) is 0.500. The maximum atomic E-state index is 7.14. The van der Waals surface area contributed by atoms with Crippen molar-refractivity contribution in [3.05, 3.63) is 0 Å². The third kappa shape index (κ3) is 0.791. The van der Waals surface area contributed by atoms with Crippen molar-refractivity contribution < 1.29 is 0 Å². The first-order valence-corrected chi connectivity index (χ1v) is 4.00. The smallest absolute Gasteiger partial charge is 0.0894 e. The highest BCUT2D eigenvalue weighted by Gasteiger charge is 2.21. The lowest BCUT2D eigenvalue weighted by Gasteiger charge is -1.96. The van der Waals surface area contributed by atoms with Crippen molar-refractivity contribution in [3.63, 3.8) is 0 Å². The third-order valence-corrected chi connectivity index (χ3v) is 2.73. The van der Waals surface area contributed by atoms with Crippen molar-refractivity contribution >= 4 is 19.2 Å². The fourth-order valence-corrected chi connectivity index (χ4v) is 1.78. The molecule has 3 nitrogen and oxygen atoms in total. The summed E-state index contributed by atoms with van der Waals surface area (Å²) in [5.74, 6) is 0. The molecular formula is C4H8N3P. The van der Waals surface area contributed by atoms with Crippen LogP contribution >= 0.6 is 8.07 Å². The van der Waals surface area contributed by atoms with E-state index in [1.165, 1.54) is 0 Å². The molecule has 4 heteroatoms. The van der Waals surface area contributed by atoms with Crippen LogP contribution in [-0.4, -0.2) is 17.3 Å². The lowest BCUT2D eigenvalue weighted by molar-refractivity contribution is 1.30. The Morgan fingerprint density at radius 2 is 2.12 bits per heavy atom. The van der Waals surface area contributed by atoms with Gasteiger partial charge in [0.25, 0.3) is 0 Å². The van der Waals surface area contributed by atoms with Crippen LogP contribution in [0.15, 0.2) is 0 Å². The van der Waals surface area contributed by atoms with Crippen LogP contribution in [0.1, 0.15) is 6.42 Å². The van der Waals surface area contributed by atoms with E-state index in [1.807, 2.05) is 0 Å². The average molecular weight is 129 g/mol. The van der Waals surface area contributed by atoms with Crippen LogP contribution in [-0.2, 0) is 0 Å². The summed E-state index contributed by atoms with van der Waals surface area (Å²) < 4.78 is 0. The van der Waals surface area contributed by atoms with E-state index in [0.29, 0.717) is 11.2 Å². The minimum absolute atomic E-state index is 0.389. The number of nitrogens with one attached hydrogen (secondary N) is 2. The summed E-state index contributed by atoms with van der Waals surface area (Å²) >= 11 is 0. The van der Waals surface area contributed by atoms with E-state index in [-0.39, 0.29) is 0 Å². The largest absolute Gasteiger partial charge is 0.305 e. The molecule has 1 aliphatic rings. The van der Waals surface area contributed by atoms with Crippen molar-refractivity contribution in [2.75, 3.05) is 6.16 Å². The van der Waals surface area contributed by atoms with Gasteiger partial charge in [-0.05, 0) is 12.6 Å². The predicted octanol–water partition coefficient (Wildman–Crippen LogP) is 0.743. The second-order valence-corrected chi connectivity index (χ2v) is 3.60. The van der Waals surface area contributed by atoms with Gasteiger partial charge in [-0.25, -0.2) is 0 Å². The molecule has 1 saturated heterocycles. The SMILES string of the molecule is N=C1CCP(N)C1=N. The van der Waals surface area contributed by atoms with Gasteiger partial charge in [0.15, 0.2) is 0 Å². The van der Waals surface area contributed by atoms with Crippen LogP contribution in [0.4, 0.5) is 0 Å². The number of nitrogens with two attached hydrogens (primary N) is 1. The van der Waals surface area contributed by atoms with E-state index in [1.54, 1.807) is 0 Å². The minimum Gasteiger partial charge on any atom is -0.305 e. The summed E-state index contributed by atoms with van der Waals surface area (Å²) in [5, 5.41) is 14.2. The van der Waals surface area contributed by atoms with Gasteiger partial charge in [-0.15, -0.1) is 0 Å². The maximum absolute atomic E-state index is 7.14. The molecule has 1 heterocycles. The van der Waals surface area contributed by atoms with Crippen molar-refractivity contribution in [1.82, 2.24) is 0 Å². The van der Waals surface area contributed by atoms with E-state index in [2.05, 4.69) is 0 Å². The standard InChI is InChI=1S/C4H8N3P/c5-3-1-2-8(7)4(3)6/h5-6H,1-2,7H2. The second kappa shape index (κ2) is 1.92. The second-order valence-electron chi connectivity index (χ2n) is 1.77. The molecule has 1 atom stereocenters. The Kier molecular flexibility index (Phi) is 1.41. The Hall–Kier alpha value is -0.270. The Balaban J connectivity index is 2.71. The van der Waals surface area contributed by atoms with Crippen molar-refractivity contribution in [3.8, 4) is 0 Å². The molecule has 1 rings (SSSR count). The van der Waals surface area contributed by atoms with E-state index in [0.717, 1.165) is 12.6 Å². The molecule has 0 aromatic carbocycles. The van der Waals surface area contributed by atoms with Crippen LogP contribution in [0, 0.1) is 10.8 Å².